The van der Waals surface area contributed by atoms with Crippen LogP contribution in [0.3, 0.4) is 0 Å². The van der Waals surface area contributed by atoms with Crippen LogP contribution in [0, 0.1) is 11.6 Å². The summed E-state index contributed by atoms with van der Waals surface area (Å²) in [7, 11) is 0. The third-order valence-electron chi connectivity index (χ3n) is 1.98. The second-order valence-corrected chi connectivity index (χ2v) is 4.27. The Kier molecular flexibility index (Phi) is 4.86. The highest BCUT2D eigenvalue weighted by Crippen LogP contribution is 2.26. The van der Waals surface area contributed by atoms with E-state index in [9.17, 15) is 13.6 Å². The molecule has 1 rings (SSSR count). The first-order chi connectivity index (χ1) is 7.95. The van der Waals surface area contributed by atoms with Gasteiger partial charge in [-0.15, -0.1) is 0 Å². The highest BCUT2D eigenvalue weighted by atomic mass is 79.9. The van der Waals surface area contributed by atoms with E-state index in [0.717, 1.165) is 6.07 Å². The maximum Gasteiger partial charge on any atom is 0.260 e. The highest BCUT2D eigenvalue weighted by molar-refractivity contribution is 9.10. The molecule has 1 aromatic rings. The third-order valence-corrected chi connectivity index (χ3v) is 2.44. The van der Waals surface area contributed by atoms with E-state index in [1.807, 2.05) is 0 Å². The van der Waals surface area contributed by atoms with Crippen molar-refractivity contribution in [2.75, 3.05) is 6.54 Å². The van der Waals surface area contributed by atoms with Gasteiger partial charge in [-0.3, -0.25) is 4.79 Å². The Morgan fingerprint density at radius 1 is 1.53 bits per heavy atom. The molecular weight excluding hydrogens is 296 g/mol. The van der Waals surface area contributed by atoms with Gasteiger partial charge in [-0.05, 0) is 26.0 Å². The van der Waals surface area contributed by atoms with Crippen LogP contribution in [-0.2, 0) is 4.79 Å². The quantitative estimate of drug-likeness (QED) is 0.869. The number of likely N-dealkylation sites (N-methyl/N-ethyl adjacent to an activating group) is 1. The van der Waals surface area contributed by atoms with E-state index >= 15 is 0 Å². The zero-order chi connectivity index (χ0) is 13.0. The first-order valence-corrected chi connectivity index (χ1v) is 5.84. The number of amides is 1. The van der Waals surface area contributed by atoms with Crippen LogP contribution >= 0.6 is 15.9 Å². The molecule has 94 valence electrons. The summed E-state index contributed by atoms with van der Waals surface area (Å²) >= 11 is 3.02. The van der Waals surface area contributed by atoms with Gasteiger partial charge in [0.15, 0.2) is 17.7 Å². The maximum atomic E-state index is 13.3. The first kappa shape index (κ1) is 13.9. The molecule has 1 N–H and O–H groups in total. The Bertz CT molecular complexity index is 426. The molecule has 0 aliphatic heterocycles. The fourth-order valence-corrected chi connectivity index (χ4v) is 1.59. The van der Waals surface area contributed by atoms with Gasteiger partial charge in [0.05, 0.1) is 0 Å². The molecule has 17 heavy (non-hydrogen) atoms. The van der Waals surface area contributed by atoms with E-state index in [2.05, 4.69) is 21.2 Å². The summed E-state index contributed by atoms with van der Waals surface area (Å²) in [6.07, 6.45) is -0.891. The minimum absolute atomic E-state index is 0.296. The minimum Gasteiger partial charge on any atom is -0.478 e. The molecule has 1 unspecified atom stereocenters. The molecule has 0 radical (unpaired) electrons. The second kappa shape index (κ2) is 5.95. The average molecular weight is 308 g/mol. The fraction of sp³-hybridized carbons (Fsp3) is 0.364. The summed E-state index contributed by atoms with van der Waals surface area (Å²) in [5.74, 6) is -2.82. The first-order valence-electron chi connectivity index (χ1n) is 5.04. The number of rotatable bonds is 4. The van der Waals surface area contributed by atoms with Crippen LogP contribution in [0.2, 0.25) is 0 Å². The molecule has 0 bridgehead atoms. The average Bonchev–Trinajstić information content (AvgIpc) is 2.25. The number of carbonyl (C=O) groups excluding carboxylic acids is 1. The van der Waals surface area contributed by atoms with Crippen LogP contribution in [0.5, 0.6) is 5.75 Å². The monoisotopic (exact) mass is 307 g/mol. The highest BCUT2D eigenvalue weighted by Gasteiger charge is 2.18. The molecule has 1 amide bonds. The van der Waals surface area contributed by atoms with Gasteiger partial charge in [-0.25, -0.2) is 4.39 Å². The van der Waals surface area contributed by atoms with Crippen LogP contribution < -0.4 is 10.1 Å². The lowest BCUT2D eigenvalue weighted by Crippen LogP contribution is -2.36. The number of benzene rings is 1. The number of ether oxygens (including phenoxy) is 1. The van der Waals surface area contributed by atoms with Crippen LogP contribution in [0.4, 0.5) is 8.78 Å². The fourth-order valence-electron chi connectivity index (χ4n) is 1.18. The summed E-state index contributed by atoms with van der Waals surface area (Å²) in [4.78, 5) is 11.4. The van der Waals surface area contributed by atoms with Crippen molar-refractivity contribution in [1.82, 2.24) is 5.32 Å². The lowest BCUT2D eigenvalue weighted by Gasteiger charge is -2.14. The van der Waals surface area contributed by atoms with Gasteiger partial charge < -0.3 is 10.1 Å². The summed E-state index contributed by atoms with van der Waals surface area (Å²) in [6.45, 7) is 3.66. The summed E-state index contributed by atoms with van der Waals surface area (Å²) in [5, 5.41) is 2.52. The van der Waals surface area contributed by atoms with E-state index in [0.29, 0.717) is 11.0 Å². The Morgan fingerprint density at radius 2 is 2.18 bits per heavy atom. The Labute approximate surface area is 106 Å². The van der Waals surface area contributed by atoms with Crippen LogP contribution in [-0.4, -0.2) is 18.6 Å². The van der Waals surface area contributed by atoms with Crippen molar-refractivity contribution in [1.29, 1.82) is 0 Å². The molecule has 0 aromatic heterocycles. The van der Waals surface area contributed by atoms with Crippen molar-refractivity contribution >= 4 is 21.8 Å². The molecule has 0 spiro atoms. The van der Waals surface area contributed by atoms with Gasteiger partial charge in [-0.1, -0.05) is 15.9 Å². The summed E-state index contributed by atoms with van der Waals surface area (Å²) < 4.78 is 31.8. The third kappa shape index (κ3) is 3.66. The van der Waals surface area contributed by atoms with Gasteiger partial charge >= 0.3 is 0 Å². The minimum atomic E-state index is -1.11. The molecular formula is C11H12BrF2NO2. The Morgan fingerprint density at radius 3 is 2.76 bits per heavy atom. The number of hydrogen-bond acceptors (Lipinski definition) is 2. The molecule has 0 fully saturated rings. The van der Waals surface area contributed by atoms with Crippen LogP contribution in [0.15, 0.2) is 16.6 Å². The SMILES string of the molecule is CCNC(=O)C(C)Oc1cc(Br)cc(F)c1F. The molecule has 0 saturated heterocycles. The van der Waals surface area contributed by atoms with Crippen molar-refractivity contribution < 1.29 is 18.3 Å². The van der Waals surface area contributed by atoms with Gasteiger partial charge in [-0.2, -0.15) is 4.39 Å². The number of carbonyl (C=O) groups is 1. The smallest absolute Gasteiger partial charge is 0.260 e. The van der Waals surface area contributed by atoms with Crippen molar-refractivity contribution in [3.05, 3.63) is 28.2 Å². The molecule has 0 saturated carbocycles. The molecule has 0 aliphatic rings. The summed E-state index contributed by atoms with van der Waals surface area (Å²) in [6, 6.07) is 2.26. The lowest BCUT2D eigenvalue weighted by molar-refractivity contribution is -0.127. The standard InChI is InChI=1S/C11H12BrF2NO2/c1-3-15-11(16)6(2)17-9-5-7(12)4-8(13)10(9)14/h4-6H,3H2,1-2H3,(H,15,16). The predicted molar refractivity (Wildman–Crippen MR) is 62.8 cm³/mol. The topological polar surface area (TPSA) is 38.3 Å². The second-order valence-electron chi connectivity index (χ2n) is 3.35. The normalized spacial score (nSPS) is 12.1. The zero-order valence-electron chi connectivity index (χ0n) is 9.39. The van der Waals surface area contributed by atoms with Crippen LogP contribution in [0.25, 0.3) is 0 Å². The van der Waals surface area contributed by atoms with Crippen molar-refractivity contribution in [2.45, 2.75) is 20.0 Å². The number of hydrogen-bond donors (Lipinski definition) is 1. The van der Waals surface area contributed by atoms with E-state index in [1.165, 1.54) is 13.0 Å². The van der Waals surface area contributed by atoms with E-state index in [-0.39, 0.29) is 11.7 Å². The van der Waals surface area contributed by atoms with Gasteiger partial charge in [0, 0.05) is 11.0 Å². The molecule has 1 atom stereocenters. The van der Waals surface area contributed by atoms with Gasteiger partial charge in [0.2, 0.25) is 5.82 Å². The lowest BCUT2D eigenvalue weighted by atomic mass is 10.3. The molecule has 0 aliphatic carbocycles. The molecule has 3 nitrogen and oxygen atoms in total. The molecule has 0 heterocycles. The van der Waals surface area contributed by atoms with Crippen molar-refractivity contribution in [3.63, 3.8) is 0 Å². The van der Waals surface area contributed by atoms with E-state index < -0.39 is 17.7 Å². The van der Waals surface area contributed by atoms with Gasteiger partial charge in [0.25, 0.3) is 5.91 Å². The van der Waals surface area contributed by atoms with E-state index in [4.69, 9.17) is 4.74 Å². The Balaban J connectivity index is 2.84. The number of halogens is 3. The summed E-state index contributed by atoms with van der Waals surface area (Å²) in [5.41, 5.74) is 0. The predicted octanol–water partition coefficient (Wildman–Crippen LogP) is 2.63. The van der Waals surface area contributed by atoms with E-state index in [1.54, 1.807) is 6.92 Å². The molecule has 6 heteroatoms. The Hall–Kier alpha value is -1.17. The zero-order valence-corrected chi connectivity index (χ0v) is 11.0. The number of nitrogens with one attached hydrogen (secondary N) is 1. The van der Waals surface area contributed by atoms with Crippen molar-refractivity contribution in [3.8, 4) is 5.75 Å². The van der Waals surface area contributed by atoms with Gasteiger partial charge in [0.1, 0.15) is 0 Å². The molecule has 1 aromatic carbocycles. The largest absolute Gasteiger partial charge is 0.478 e. The van der Waals surface area contributed by atoms with Crippen molar-refractivity contribution in [2.24, 2.45) is 0 Å². The van der Waals surface area contributed by atoms with Crippen LogP contribution in [0.1, 0.15) is 13.8 Å². The maximum absolute atomic E-state index is 13.3.